The molecule has 0 fully saturated rings. The molecule has 1 heterocycles. The van der Waals surface area contributed by atoms with Gasteiger partial charge in [0.1, 0.15) is 0 Å². The van der Waals surface area contributed by atoms with Crippen LogP contribution in [-0.4, -0.2) is 31.3 Å². The molecule has 1 atom stereocenters. The topological polar surface area (TPSA) is 34.1 Å². The zero-order valence-corrected chi connectivity index (χ0v) is 13.0. The lowest BCUT2D eigenvalue weighted by Crippen LogP contribution is -2.35. The molecular formula is C16H22N2OS. The number of nitrogens with zero attached hydrogens (tertiary/aromatic N) is 1. The first-order chi connectivity index (χ1) is 9.83. The molecule has 0 amide bonds. The summed E-state index contributed by atoms with van der Waals surface area (Å²) in [5, 5.41) is 6.80. The smallest absolute Gasteiger partial charge is 0.0949 e. The van der Waals surface area contributed by atoms with Gasteiger partial charge in [-0.15, -0.1) is 11.3 Å². The van der Waals surface area contributed by atoms with Gasteiger partial charge in [0.2, 0.25) is 0 Å². The molecule has 0 bridgehead atoms. The monoisotopic (exact) mass is 290 g/mol. The minimum absolute atomic E-state index is 0.342. The van der Waals surface area contributed by atoms with E-state index in [1.165, 1.54) is 5.56 Å². The summed E-state index contributed by atoms with van der Waals surface area (Å²) in [6.07, 6.45) is 2.05. The van der Waals surface area contributed by atoms with E-state index in [-0.39, 0.29) is 0 Å². The summed E-state index contributed by atoms with van der Waals surface area (Å²) >= 11 is 1.73. The van der Waals surface area contributed by atoms with E-state index in [0.29, 0.717) is 6.04 Å². The third-order valence-electron chi connectivity index (χ3n) is 3.09. The van der Waals surface area contributed by atoms with Crippen LogP contribution in [0, 0.1) is 0 Å². The lowest BCUT2D eigenvalue weighted by Gasteiger charge is -2.16. The molecule has 0 saturated heterocycles. The zero-order chi connectivity index (χ0) is 14.2. The number of methoxy groups -OCH3 is 1. The first-order valence-corrected chi connectivity index (χ1v) is 7.93. The normalized spacial score (nSPS) is 12.5. The van der Waals surface area contributed by atoms with Crippen LogP contribution in [0.1, 0.15) is 18.4 Å². The molecule has 2 aromatic rings. The quantitative estimate of drug-likeness (QED) is 0.809. The Bertz CT molecular complexity index is 498. The fraction of sp³-hybridized carbons (Fsp3) is 0.438. The summed E-state index contributed by atoms with van der Waals surface area (Å²) in [4.78, 5) is 4.73. The van der Waals surface area contributed by atoms with Gasteiger partial charge in [-0.05, 0) is 13.0 Å². The molecule has 0 aliphatic heterocycles. The molecule has 4 heteroatoms. The van der Waals surface area contributed by atoms with Gasteiger partial charge in [-0.2, -0.15) is 0 Å². The highest BCUT2D eigenvalue weighted by molar-refractivity contribution is 7.09. The average Bonchev–Trinajstić information content (AvgIpc) is 2.94. The number of hydrogen-bond acceptors (Lipinski definition) is 4. The number of aromatic nitrogens is 1. The summed E-state index contributed by atoms with van der Waals surface area (Å²) in [6, 6.07) is 10.7. The van der Waals surface area contributed by atoms with Crippen LogP contribution < -0.4 is 5.32 Å². The molecule has 3 nitrogen and oxygen atoms in total. The summed E-state index contributed by atoms with van der Waals surface area (Å²) in [5.41, 5.74) is 2.25. The van der Waals surface area contributed by atoms with Crippen molar-refractivity contribution >= 4 is 11.3 Å². The van der Waals surface area contributed by atoms with Crippen LogP contribution >= 0.6 is 11.3 Å². The number of hydrogen-bond donors (Lipinski definition) is 1. The number of rotatable bonds is 8. The molecule has 0 aliphatic rings. The zero-order valence-electron chi connectivity index (χ0n) is 12.1. The van der Waals surface area contributed by atoms with Gasteiger partial charge in [-0.3, -0.25) is 0 Å². The highest BCUT2D eigenvalue weighted by atomic mass is 32.1. The Balaban J connectivity index is 2.00. The number of benzene rings is 1. The van der Waals surface area contributed by atoms with Gasteiger partial charge in [0, 0.05) is 30.5 Å². The molecule has 2 rings (SSSR count). The van der Waals surface area contributed by atoms with Gasteiger partial charge in [0.15, 0.2) is 0 Å². The van der Waals surface area contributed by atoms with Crippen LogP contribution in [-0.2, 0) is 11.2 Å². The largest absolute Gasteiger partial charge is 0.383 e. The van der Waals surface area contributed by atoms with Crippen LogP contribution in [0.5, 0.6) is 0 Å². The predicted molar refractivity (Wildman–Crippen MR) is 85.2 cm³/mol. The van der Waals surface area contributed by atoms with Gasteiger partial charge < -0.3 is 10.1 Å². The Morgan fingerprint density at radius 2 is 2.10 bits per heavy atom. The van der Waals surface area contributed by atoms with E-state index in [1.54, 1.807) is 18.4 Å². The van der Waals surface area contributed by atoms with Gasteiger partial charge in [0.05, 0.1) is 17.3 Å². The van der Waals surface area contributed by atoms with Crippen molar-refractivity contribution in [1.82, 2.24) is 10.3 Å². The summed E-state index contributed by atoms with van der Waals surface area (Å²) in [5.74, 6) is 0. The predicted octanol–water partition coefficient (Wildman–Crippen LogP) is 3.37. The molecule has 0 radical (unpaired) electrons. The highest BCUT2D eigenvalue weighted by Crippen LogP contribution is 2.22. The van der Waals surface area contributed by atoms with Crippen LogP contribution in [0.2, 0.25) is 0 Å². The van der Waals surface area contributed by atoms with Crippen LogP contribution in [0.3, 0.4) is 0 Å². The second-order valence-electron chi connectivity index (χ2n) is 4.80. The van der Waals surface area contributed by atoms with Gasteiger partial charge in [-0.25, -0.2) is 4.98 Å². The van der Waals surface area contributed by atoms with Crippen LogP contribution in [0.25, 0.3) is 11.3 Å². The van der Waals surface area contributed by atoms with Gasteiger partial charge in [0.25, 0.3) is 0 Å². The Kier molecular flexibility index (Phi) is 6.18. The van der Waals surface area contributed by atoms with Crippen molar-refractivity contribution in [2.75, 3.05) is 20.3 Å². The Hall–Kier alpha value is -1.23. The van der Waals surface area contributed by atoms with Crippen molar-refractivity contribution in [2.45, 2.75) is 25.8 Å². The highest BCUT2D eigenvalue weighted by Gasteiger charge is 2.12. The second-order valence-corrected chi connectivity index (χ2v) is 5.75. The standard InChI is InChI=1S/C16H22N2OS/c1-3-9-17-14(11-19-2)10-16-18-15(12-20-16)13-7-5-4-6-8-13/h4-8,12,14,17H,3,9-11H2,1-2H3. The number of ether oxygens (including phenoxy) is 1. The molecule has 1 N–H and O–H groups in total. The van der Waals surface area contributed by atoms with E-state index >= 15 is 0 Å². The maximum absolute atomic E-state index is 5.28. The van der Waals surface area contributed by atoms with Crippen LogP contribution in [0.15, 0.2) is 35.7 Å². The van der Waals surface area contributed by atoms with Crippen molar-refractivity contribution < 1.29 is 4.74 Å². The average molecular weight is 290 g/mol. The molecule has 1 aromatic heterocycles. The van der Waals surface area contributed by atoms with Crippen molar-refractivity contribution in [2.24, 2.45) is 0 Å². The Morgan fingerprint density at radius 1 is 1.30 bits per heavy atom. The van der Waals surface area contributed by atoms with Gasteiger partial charge in [-0.1, -0.05) is 37.3 Å². The minimum atomic E-state index is 0.342. The molecule has 0 spiro atoms. The first-order valence-electron chi connectivity index (χ1n) is 7.05. The lowest BCUT2D eigenvalue weighted by atomic mass is 10.2. The maximum Gasteiger partial charge on any atom is 0.0949 e. The van der Waals surface area contributed by atoms with Crippen molar-refractivity contribution in [3.8, 4) is 11.3 Å². The Morgan fingerprint density at radius 3 is 2.80 bits per heavy atom. The maximum atomic E-state index is 5.28. The van der Waals surface area contributed by atoms with E-state index in [9.17, 15) is 0 Å². The summed E-state index contributed by atoms with van der Waals surface area (Å²) < 4.78 is 5.28. The molecular weight excluding hydrogens is 268 g/mol. The molecule has 0 aliphatic carbocycles. The fourth-order valence-electron chi connectivity index (χ4n) is 2.10. The number of nitrogens with one attached hydrogen (secondary N) is 1. The SMILES string of the molecule is CCCNC(COC)Cc1nc(-c2ccccc2)cs1. The van der Waals surface area contributed by atoms with E-state index in [1.807, 2.05) is 18.2 Å². The first kappa shape index (κ1) is 15.2. The molecule has 0 saturated carbocycles. The van der Waals surface area contributed by atoms with Crippen molar-refractivity contribution in [3.05, 3.63) is 40.7 Å². The third-order valence-corrected chi connectivity index (χ3v) is 3.96. The van der Waals surface area contributed by atoms with Crippen LogP contribution in [0.4, 0.5) is 0 Å². The summed E-state index contributed by atoms with van der Waals surface area (Å²) in [6.45, 7) is 3.92. The second kappa shape index (κ2) is 8.15. The summed E-state index contributed by atoms with van der Waals surface area (Å²) in [7, 11) is 1.75. The van der Waals surface area contributed by atoms with E-state index in [4.69, 9.17) is 9.72 Å². The molecule has 108 valence electrons. The van der Waals surface area contributed by atoms with Crippen molar-refractivity contribution in [3.63, 3.8) is 0 Å². The number of thiazole rings is 1. The lowest BCUT2D eigenvalue weighted by molar-refractivity contribution is 0.166. The van der Waals surface area contributed by atoms with E-state index < -0.39 is 0 Å². The van der Waals surface area contributed by atoms with E-state index in [2.05, 4.69) is 29.8 Å². The molecule has 1 unspecified atom stereocenters. The van der Waals surface area contributed by atoms with E-state index in [0.717, 1.165) is 36.7 Å². The molecule has 1 aromatic carbocycles. The van der Waals surface area contributed by atoms with Gasteiger partial charge >= 0.3 is 0 Å². The third kappa shape index (κ3) is 4.40. The molecule has 20 heavy (non-hydrogen) atoms. The van der Waals surface area contributed by atoms with Crippen molar-refractivity contribution in [1.29, 1.82) is 0 Å². The Labute approximate surface area is 125 Å². The fourth-order valence-corrected chi connectivity index (χ4v) is 2.98. The minimum Gasteiger partial charge on any atom is -0.383 e.